The van der Waals surface area contributed by atoms with Crippen LogP contribution in [0.25, 0.3) is 21.0 Å². The van der Waals surface area contributed by atoms with Gasteiger partial charge in [0.05, 0.1) is 41.3 Å². The molecule has 1 N–H and O–H groups in total. The molecule has 2 saturated heterocycles. The molecule has 4 atom stereocenters. The normalized spacial score (nSPS) is 22.6. The zero-order chi connectivity index (χ0) is 31.6. The SMILES string of the molecule is Cc1c(-c2ncco2)sc2c1c(=O)n(C1(C(=O)O)CC1)c(=O)n2CC(OC1C[C@H]2CC[C@@H](C1)O2)c1cc(F)ccc1OC(F)F. The summed E-state index contributed by atoms with van der Waals surface area (Å²) in [6.45, 7) is -1.95. The number of rotatable bonds is 10. The van der Waals surface area contributed by atoms with Crippen LogP contribution < -0.4 is 16.0 Å². The molecule has 1 aliphatic carbocycles. The fourth-order valence-corrected chi connectivity index (χ4v) is 7.83. The van der Waals surface area contributed by atoms with Crippen LogP contribution in [0.1, 0.15) is 55.8 Å². The van der Waals surface area contributed by atoms with Crippen LogP contribution in [-0.2, 0) is 26.4 Å². The number of ether oxygens (including phenoxy) is 3. The van der Waals surface area contributed by atoms with Crippen molar-refractivity contribution in [2.24, 2.45) is 0 Å². The predicted octanol–water partition coefficient (Wildman–Crippen LogP) is 4.97. The van der Waals surface area contributed by atoms with Crippen molar-refractivity contribution < 1.29 is 41.7 Å². The molecule has 2 bridgehead atoms. The highest BCUT2D eigenvalue weighted by molar-refractivity contribution is 7.22. The molecule has 3 aliphatic rings. The number of carboxylic acid groups (broad SMARTS) is 1. The van der Waals surface area contributed by atoms with Crippen LogP contribution in [0.2, 0.25) is 0 Å². The topological polar surface area (TPSA) is 135 Å². The highest BCUT2D eigenvalue weighted by Crippen LogP contribution is 2.44. The summed E-state index contributed by atoms with van der Waals surface area (Å²) in [6, 6.07) is 3.07. The Morgan fingerprint density at radius 2 is 1.96 bits per heavy atom. The van der Waals surface area contributed by atoms with Gasteiger partial charge in [0.25, 0.3) is 5.56 Å². The molecule has 0 spiro atoms. The van der Waals surface area contributed by atoms with Crippen molar-refractivity contribution in [3.63, 3.8) is 0 Å². The number of fused-ring (bicyclic) bond motifs is 3. The van der Waals surface area contributed by atoms with E-state index in [1.807, 2.05) is 0 Å². The van der Waals surface area contributed by atoms with Crippen LogP contribution in [0.3, 0.4) is 0 Å². The number of carboxylic acids is 1. The van der Waals surface area contributed by atoms with E-state index in [0.717, 1.165) is 46.9 Å². The first-order valence-electron chi connectivity index (χ1n) is 14.5. The van der Waals surface area contributed by atoms with Crippen LogP contribution in [-0.4, -0.2) is 50.1 Å². The smallest absolute Gasteiger partial charge is 0.387 e. The Kier molecular flexibility index (Phi) is 7.36. The van der Waals surface area contributed by atoms with Crippen LogP contribution in [0, 0.1) is 12.7 Å². The summed E-state index contributed by atoms with van der Waals surface area (Å²) in [5, 5.41) is 10.2. The molecule has 11 nitrogen and oxygen atoms in total. The second-order valence-corrected chi connectivity index (χ2v) is 12.7. The van der Waals surface area contributed by atoms with Crippen molar-refractivity contribution in [3.05, 3.63) is 68.4 Å². The molecular weight excluding hydrogens is 619 g/mol. The number of thiophene rings is 1. The molecule has 7 rings (SSSR count). The summed E-state index contributed by atoms with van der Waals surface area (Å²) in [5.74, 6) is -2.20. The Hall–Kier alpha value is -3.95. The monoisotopic (exact) mass is 647 g/mol. The number of halogens is 3. The summed E-state index contributed by atoms with van der Waals surface area (Å²) < 4.78 is 66.3. The lowest BCUT2D eigenvalue weighted by atomic mass is 10.0. The summed E-state index contributed by atoms with van der Waals surface area (Å²) in [7, 11) is 0. The van der Waals surface area contributed by atoms with Gasteiger partial charge in [-0.3, -0.25) is 9.36 Å². The fraction of sp³-hybridized carbons (Fsp3) is 0.467. The van der Waals surface area contributed by atoms with E-state index in [1.165, 1.54) is 17.0 Å². The maximum absolute atomic E-state index is 14.7. The van der Waals surface area contributed by atoms with E-state index in [9.17, 15) is 32.7 Å². The van der Waals surface area contributed by atoms with Crippen molar-refractivity contribution in [2.45, 2.75) is 88.6 Å². The number of hydrogen-bond donors (Lipinski definition) is 1. The maximum Gasteiger partial charge on any atom is 0.387 e. The van der Waals surface area contributed by atoms with Gasteiger partial charge in [0.1, 0.15) is 34.3 Å². The van der Waals surface area contributed by atoms with E-state index in [1.54, 1.807) is 6.92 Å². The minimum Gasteiger partial charge on any atom is -0.479 e. The third kappa shape index (κ3) is 5.16. The number of carbonyl (C=O) groups is 1. The molecular formula is C30H28F3N3O8S. The van der Waals surface area contributed by atoms with Crippen molar-refractivity contribution in [1.82, 2.24) is 14.1 Å². The molecule has 238 valence electrons. The van der Waals surface area contributed by atoms with Crippen LogP contribution >= 0.6 is 11.3 Å². The molecule has 2 unspecified atom stereocenters. The molecule has 3 aromatic heterocycles. The Bertz CT molecular complexity index is 1890. The van der Waals surface area contributed by atoms with Gasteiger partial charge < -0.3 is 23.7 Å². The third-order valence-corrected chi connectivity index (χ3v) is 10.2. The Balaban J connectivity index is 1.42. The van der Waals surface area contributed by atoms with Gasteiger partial charge in [-0.25, -0.2) is 23.5 Å². The van der Waals surface area contributed by atoms with E-state index in [-0.39, 0.29) is 59.0 Å². The average Bonchev–Trinajstić information content (AvgIpc) is 3.28. The number of benzene rings is 1. The second kappa shape index (κ2) is 11.1. The van der Waals surface area contributed by atoms with Gasteiger partial charge in [-0.2, -0.15) is 8.78 Å². The zero-order valence-electron chi connectivity index (χ0n) is 23.9. The molecule has 3 fully saturated rings. The van der Waals surface area contributed by atoms with E-state index < -0.39 is 47.4 Å². The number of alkyl halides is 2. The van der Waals surface area contributed by atoms with E-state index in [4.69, 9.17) is 18.6 Å². The second-order valence-electron chi connectivity index (χ2n) is 11.7. The number of oxazole rings is 1. The van der Waals surface area contributed by atoms with Crippen LogP contribution in [0.4, 0.5) is 13.2 Å². The van der Waals surface area contributed by atoms with Gasteiger partial charge in [-0.1, -0.05) is 0 Å². The summed E-state index contributed by atoms with van der Waals surface area (Å²) in [4.78, 5) is 45.3. The Morgan fingerprint density at radius 3 is 2.58 bits per heavy atom. The number of hydrogen-bond acceptors (Lipinski definition) is 9. The number of aliphatic carboxylic acids is 1. The van der Waals surface area contributed by atoms with Crippen LogP contribution in [0.5, 0.6) is 5.75 Å². The van der Waals surface area contributed by atoms with Gasteiger partial charge in [0.2, 0.25) is 5.89 Å². The summed E-state index contributed by atoms with van der Waals surface area (Å²) in [6.07, 6.45) is 3.88. The first-order chi connectivity index (χ1) is 21.6. The number of aromatic nitrogens is 3. The largest absolute Gasteiger partial charge is 0.479 e. The molecule has 1 aromatic carbocycles. The molecule has 0 amide bonds. The molecule has 1 saturated carbocycles. The van der Waals surface area contributed by atoms with Gasteiger partial charge in [0.15, 0.2) is 0 Å². The Labute approximate surface area is 256 Å². The lowest BCUT2D eigenvalue weighted by Crippen LogP contribution is -2.49. The van der Waals surface area contributed by atoms with E-state index in [2.05, 4.69) is 4.98 Å². The number of aryl methyl sites for hydroxylation is 1. The number of nitrogens with zero attached hydrogens (tertiary/aromatic N) is 3. The van der Waals surface area contributed by atoms with Crippen molar-refractivity contribution in [2.75, 3.05) is 0 Å². The van der Waals surface area contributed by atoms with Gasteiger partial charge in [-0.15, -0.1) is 11.3 Å². The average molecular weight is 648 g/mol. The van der Waals surface area contributed by atoms with E-state index >= 15 is 0 Å². The molecule has 45 heavy (non-hydrogen) atoms. The fourth-order valence-electron chi connectivity index (χ4n) is 6.58. The summed E-state index contributed by atoms with van der Waals surface area (Å²) >= 11 is 1.04. The first-order valence-corrected chi connectivity index (χ1v) is 15.3. The van der Waals surface area contributed by atoms with Crippen LogP contribution in [0.15, 0.2) is 44.7 Å². The predicted molar refractivity (Wildman–Crippen MR) is 153 cm³/mol. The van der Waals surface area contributed by atoms with Crippen molar-refractivity contribution in [3.8, 4) is 16.5 Å². The minimum atomic E-state index is -3.22. The third-order valence-electron chi connectivity index (χ3n) is 8.88. The Morgan fingerprint density at radius 1 is 1.22 bits per heavy atom. The minimum absolute atomic E-state index is 0.0522. The van der Waals surface area contributed by atoms with Gasteiger partial charge in [0, 0.05) is 5.56 Å². The lowest BCUT2D eigenvalue weighted by molar-refractivity contribution is -0.142. The zero-order valence-corrected chi connectivity index (χ0v) is 24.7. The standard InChI is InChI=1S/C30H28F3N3O8S/c1-14-22-25(37)36(30(6-7-30)27(38)39)29(40)35(26(22)45-23(14)24-34-8-9-41-24)13-21(43-18-11-16-3-4-17(12-18)42-16)19-10-15(31)2-5-20(19)44-28(32)33/h2,5,8-10,16-18,21,28H,3-4,6-7,11-13H2,1H3,(H,38,39)/t16-,17+,18?,21?. The highest BCUT2D eigenvalue weighted by Gasteiger charge is 2.55. The molecule has 15 heteroatoms. The molecule has 5 heterocycles. The van der Waals surface area contributed by atoms with Crippen molar-refractivity contribution >= 4 is 27.5 Å². The summed E-state index contributed by atoms with van der Waals surface area (Å²) in [5.41, 5.74) is -3.06. The quantitative estimate of drug-likeness (QED) is 0.253. The molecule has 2 aliphatic heterocycles. The highest BCUT2D eigenvalue weighted by atomic mass is 32.1. The van der Waals surface area contributed by atoms with Crippen molar-refractivity contribution in [1.29, 1.82) is 0 Å². The first kappa shape index (κ1) is 29.7. The molecule has 0 radical (unpaired) electrons. The van der Waals surface area contributed by atoms with Gasteiger partial charge in [-0.05, 0) is 69.2 Å². The lowest BCUT2D eigenvalue weighted by Gasteiger charge is -2.32. The maximum atomic E-state index is 14.7. The molecule has 4 aromatic rings. The van der Waals surface area contributed by atoms with E-state index in [0.29, 0.717) is 23.3 Å². The van der Waals surface area contributed by atoms with Gasteiger partial charge >= 0.3 is 18.3 Å².